The van der Waals surface area contributed by atoms with E-state index in [1.807, 2.05) is 5.01 Å². The van der Waals surface area contributed by atoms with Crippen LogP contribution in [0.25, 0.3) is 0 Å². The van der Waals surface area contributed by atoms with Crippen LogP contribution in [0.3, 0.4) is 0 Å². The third-order valence-corrected chi connectivity index (χ3v) is 3.23. The van der Waals surface area contributed by atoms with Crippen molar-refractivity contribution in [3.05, 3.63) is 35.4 Å². The lowest BCUT2D eigenvalue weighted by molar-refractivity contribution is -0.137. The molecule has 2 rings (SSSR count). The number of rotatable bonds is 4. The largest absolute Gasteiger partial charge is 0.416 e. The zero-order valence-electron chi connectivity index (χ0n) is 11.0. The summed E-state index contributed by atoms with van der Waals surface area (Å²) >= 11 is 0. The minimum Gasteiger partial charge on any atom is -0.379 e. The van der Waals surface area contributed by atoms with Crippen molar-refractivity contribution in [2.24, 2.45) is 5.73 Å². The van der Waals surface area contributed by atoms with Gasteiger partial charge in [-0.05, 0) is 17.7 Å². The second kappa shape index (κ2) is 6.53. The molecule has 7 heteroatoms. The molecule has 3 N–H and O–H groups in total. The summed E-state index contributed by atoms with van der Waals surface area (Å²) in [5.74, 6) is 0. The molecule has 1 aromatic carbocycles. The van der Waals surface area contributed by atoms with Crippen molar-refractivity contribution in [2.75, 3.05) is 32.8 Å². The lowest BCUT2D eigenvalue weighted by atomic mass is 10.1. The monoisotopic (exact) mass is 289 g/mol. The molecular formula is C13H18F3N3O. The number of halogens is 3. The topological polar surface area (TPSA) is 50.5 Å². The maximum absolute atomic E-state index is 12.5. The van der Waals surface area contributed by atoms with Gasteiger partial charge in [0.1, 0.15) is 0 Å². The van der Waals surface area contributed by atoms with Gasteiger partial charge in [-0.2, -0.15) is 13.2 Å². The van der Waals surface area contributed by atoms with Crippen molar-refractivity contribution in [1.29, 1.82) is 0 Å². The normalized spacial score (nSPS) is 19.0. The van der Waals surface area contributed by atoms with Gasteiger partial charge in [0.25, 0.3) is 0 Å². The van der Waals surface area contributed by atoms with E-state index in [0.717, 1.165) is 30.8 Å². The van der Waals surface area contributed by atoms with Crippen LogP contribution in [0, 0.1) is 0 Å². The van der Waals surface area contributed by atoms with Gasteiger partial charge in [0.15, 0.2) is 0 Å². The van der Waals surface area contributed by atoms with Gasteiger partial charge in [0.05, 0.1) is 24.8 Å². The van der Waals surface area contributed by atoms with Crippen molar-refractivity contribution in [2.45, 2.75) is 12.2 Å². The fourth-order valence-electron chi connectivity index (χ4n) is 2.08. The Bertz CT molecular complexity index is 416. The Labute approximate surface area is 115 Å². The molecule has 1 heterocycles. The predicted octanol–water partition coefficient (Wildman–Crippen LogP) is 1.54. The maximum Gasteiger partial charge on any atom is 0.416 e. The molecule has 0 bridgehead atoms. The van der Waals surface area contributed by atoms with Crippen molar-refractivity contribution in [1.82, 2.24) is 10.4 Å². The lowest BCUT2D eigenvalue weighted by Gasteiger charge is -2.31. The number of hydrogen-bond acceptors (Lipinski definition) is 4. The molecule has 20 heavy (non-hydrogen) atoms. The number of ether oxygens (including phenoxy) is 1. The Morgan fingerprint density at radius 1 is 1.20 bits per heavy atom. The third kappa shape index (κ3) is 3.92. The standard InChI is InChI=1S/C13H18F3N3O/c14-13(15,16)11-3-1-10(2-4-11)12(9-17)18-19-5-7-20-8-6-19/h1-4,12,18H,5-9,17H2. The Kier molecular flexibility index (Phi) is 4.98. The summed E-state index contributed by atoms with van der Waals surface area (Å²) in [7, 11) is 0. The van der Waals surface area contributed by atoms with E-state index >= 15 is 0 Å². The van der Waals surface area contributed by atoms with Gasteiger partial charge in [-0.3, -0.25) is 0 Å². The minimum absolute atomic E-state index is 0.199. The second-order valence-electron chi connectivity index (χ2n) is 4.64. The summed E-state index contributed by atoms with van der Waals surface area (Å²) in [6.07, 6.45) is -4.31. The Hall–Kier alpha value is -1.15. The van der Waals surface area contributed by atoms with Crippen LogP contribution in [-0.4, -0.2) is 37.9 Å². The number of hydrazine groups is 1. The summed E-state index contributed by atoms with van der Waals surface area (Å²) in [4.78, 5) is 0. The SMILES string of the molecule is NCC(NN1CCOCC1)c1ccc(C(F)(F)F)cc1. The van der Waals surface area contributed by atoms with Crippen molar-refractivity contribution < 1.29 is 17.9 Å². The molecule has 1 unspecified atom stereocenters. The van der Waals surface area contributed by atoms with Crippen LogP contribution in [0.4, 0.5) is 13.2 Å². The van der Waals surface area contributed by atoms with Crippen molar-refractivity contribution >= 4 is 0 Å². The Balaban J connectivity index is 2.03. The van der Waals surface area contributed by atoms with E-state index in [0.29, 0.717) is 19.8 Å². The Morgan fingerprint density at radius 2 is 1.80 bits per heavy atom. The summed E-state index contributed by atoms with van der Waals surface area (Å²) in [6, 6.07) is 4.90. The fraction of sp³-hybridized carbons (Fsp3) is 0.538. The molecule has 1 atom stereocenters. The summed E-state index contributed by atoms with van der Waals surface area (Å²) in [6.45, 7) is 3.05. The van der Waals surface area contributed by atoms with Crippen LogP contribution >= 0.6 is 0 Å². The molecule has 1 aromatic rings. The van der Waals surface area contributed by atoms with Gasteiger partial charge in [0, 0.05) is 19.6 Å². The van der Waals surface area contributed by atoms with E-state index in [9.17, 15) is 13.2 Å². The zero-order valence-corrected chi connectivity index (χ0v) is 11.0. The summed E-state index contributed by atoms with van der Waals surface area (Å²) in [5, 5.41) is 1.98. The molecule has 112 valence electrons. The van der Waals surface area contributed by atoms with Crippen LogP contribution in [0.15, 0.2) is 24.3 Å². The maximum atomic E-state index is 12.5. The van der Waals surface area contributed by atoms with E-state index in [1.54, 1.807) is 0 Å². The first-order valence-corrected chi connectivity index (χ1v) is 6.47. The number of alkyl halides is 3. The van der Waals surface area contributed by atoms with Gasteiger partial charge in [0.2, 0.25) is 0 Å². The lowest BCUT2D eigenvalue weighted by Crippen LogP contribution is -2.48. The van der Waals surface area contributed by atoms with Crippen molar-refractivity contribution in [3.63, 3.8) is 0 Å². The highest BCUT2D eigenvalue weighted by molar-refractivity contribution is 5.27. The fourth-order valence-corrected chi connectivity index (χ4v) is 2.08. The smallest absolute Gasteiger partial charge is 0.379 e. The Morgan fingerprint density at radius 3 is 2.30 bits per heavy atom. The summed E-state index contributed by atoms with van der Waals surface area (Å²) < 4.78 is 42.8. The van der Waals surface area contributed by atoms with Crippen molar-refractivity contribution in [3.8, 4) is 0 Å². The molecule has 0 aromatic heterocycles. The van der Waals surface area contributed by atoms with Crippen LogP contribution in [-0.2, 0) is 10.9 Å². The van der Waals surface area contributed by atoms with E-state index in [1.165, 1.54) is 12.1 Å². The first kappa shape index (κ1) is 15.2. The molecule has 1 aliphatic heterocycles. The quantitative estimate of drug-likeness (QED) is 0.883. The molecule has 0 aliphatic carbocycles. The van der Waals surface area contributed by atoms with E-state index < -0.39 is 11.7 Å². The van der Waals surface area contributed by atoms with E-state index in [4.69, 9.17) is 10.5 Å². The first-order valence-electron chi connectivity index (χ1n) is 6.47. The van der Waals surface area contributed by atoms with Gasteiger partial charge < -0.3 is 10.5 Å². The molecule has 1 aliphatic rings. The highest BCUT2D eigenvalue weighted by Gasteiger charge is 2.30. The number of nitrogens with two attached hydrogens (primary N) is 1. The molecule has 4 nitrogen and oxygen atoms in total. The number of hydrogen-bond donors (Lipinski definition) is 2. The van der Waals surface area contributed by atoms with Crippen LogP contribution in [0.5, 0.6) is 0 Å². The molecule has 0 amide bonds. The molecule has 0 radical (unpaired) electrons. The number of morpholine rings is 1. The third-order valence-electron chi connectivity index (χ3n) is 3.23. The number of nitrogens with one attached hydrogen (secondary N) is 1. The summed E-state index contributed by atoms with van der Waals surface area (Å²) in [5.41, 5.74) is 9.02. The predicted molar refractivity (Wildman–Crippen MR) is 68.8 cm³/mol. The van der Waals surface area contributed by atoms with Gasteiger partial charge >= 0.3 is 6.18 Å². The van der Waals surface area contributed by atoms with Crippen LogP contribution in [0.2, 0.25) is 0 Å². The van der Waals surface area contributed by atoms with E-state index in [2.05, 4.69) is 5.43 Å². The molecule has 1 saturated heterocycles. The zero-order chi connectivity index (χ0) is 14.6. The molecule has 0 saturated carbocycles. The van der Waals surface area contributed by atoms with Crippen LogP contribution in [0.1, 0.15) is 17.2 Å². The first-order chi connectivity index (χ1) is 9.50. The van der Waals surface area contributed by atoms with E-state index in [-0.39, 0.29) is 6.04 Å². The highest BCUT2D eigenvalue weighted by Crippen LogP contribution is 2.29. The van der Waals surface area contributed by atoms with Gasteiger partial charge in [-0.25, -0.2) is 10.4 Å². The second-order valence-corrected chi connectivity index (χ2v) is 4.64. The number of benzene rings is 1. The molecule has 1 fully saturated rings. The number of nitrogens with zero attached hydrogens (tertiary/aromatic N) is 1. The van der Waals surface area contributed by atoms with Crippen LogP contribution < -0.4 is 11.2 Å². The average molecular weight is 289 g/mol. The minimum atomic E-state index is -4.31. The van der Waals surface area contributed by atoms with Gasteiger partial charge in [-0.1, -0.05) is 12.1 Å². The molecular weight excluding hydrogens is 271 g/mol. The average Bonchev–Trinajstić information content (AvgIpc) is 2.45. The highest BCUT2D eigenvalue weighted by atomic mass is 19.4. The molecule has 0 spiro atoms. The van der Waals surface area contributed by atoms with Gasteiger partial charge in [-0.15, -0.1) is 0 Å².